The molecule has 0 aliphatic rings. The molecule has 1 unspecified atom stereocenters. The Morgan fingerprint density at radius 1 is 1.38 bits per heavy atom. The van der Waals surface area contributed by atoms with Crippen LogP contribution in [0.2, 0.25) is 0 Å². The molecule has 16 heavy (non-hydrogen) atoms. The molecule has 0 radical (unpaired) electrons. The summed E-state index contributed by atoms with van der Waals surface area (Å²) in [4.78, 5) is 4.63. The molecule has 0 aromatic carbocycles. The number of rotatable bonds is 7. The largest absolute Gasteiger partial charge is 0.268 e. The fourth-order valence-electron chi connectivity index (χ4n) is 1.76. The maximum atomic E-state index is 4.63. The summed E-state index contributed by atoms with van der Waals surface area (Å²) in [6.45, 7) is 14.2. The van der Waals surface area contributed by atoms with Crippen LogP contribution in [0, 0.1) is 5.41 Å². The zero-order valence-corrected chi connectivity index (χ0v) is 11.2. The average Bonchev–Trinajstić information content (AvgIpc) is 2.28. The van der Waals surface area contributed by atoms with E-state index in [4.69, 9.17) is 0 Å². The first kappa shape index (κ1) is 15.0. The van der Waals surface area contributed by atoms with Gasteiger partial charge in [-0.2, -0.15) is 0 Å². The van der Waals surface area contributed by atoms with E-state index in [-0.39, 0.29) is 5.41 Å². The molecule has 88 valence electrons. The van der Waals surface area contributed by atoms with Gasteiger partial charge in [0.1, 0.15) is 0 Å². The quantitative estimate of drug-likeness (QED) is 0.351. The Labute approximate surface area is 101 Å². The first-order valence-corrected chi connectivity index (χ1v) is 6.05. The molecule has 0 aromatic heterocycles. The van der Waals surface area contributed by atoms with Crippen LogP contribution in [-0.2, 0) is 0 Å². The summed E-state index contributed by atoms with van der Waals surface area (Å²) in [5.74, 6) is 0. The summed E-state index contributed by atoms with van der Waals surface area (Å²) in [5.41, 5.74) is 2.22. The Kier molecular flexibility index (Phi) is 6.79. The van der Waals surface area contributed by atoms with Crippen LogP contribution in [-0.4, -0.2) is 13.5 Å². The van der Waals surface area contributed by atoms with E-state index in [1.54, 1.807) is 6.08 Å². The standard InChI is InChI=1S/C14H24BN/c1-6-10-12(16-13(15)8-3)14(5,9-4)11-7-2/h6,8,10H,1,3,7,9,11,15H2,2,4-5H3/b12-10-,16-13+. The number of hydrogen-bond donors (Lipinski definition) is 0. The van der Waals surface area contributed by atoms with Crippen LogP contribution in [0.25, 0.3) is 0 Å². The minimum Gasteiger partial charge on any atom is -0.268 e. The highest BCUT2D eigenvalue weighted by Gasteiger charge is 2.25. The molecule has 0 rings (SSSR count). The van der Waals surface area contributed by atoms with Gasteiger partial charge in [0, 0.05) is 11.1 Å². The molecule has 0 amide bonds. The topological polar surface area (TPSA) is 12.4 Å². The lowest BCUT2D eigenvalue weighted by molar-refractivity contribution is 0.344. The normalized spacial score (nSPS) is 16.7. The SMILES string of the molecule is B/C(C=C)=N/C(=C\C=C)C(C)(CC)CCC. The lowest BCUT2D eigenvalue weighted by Crippen LogP contribution is -2.18. The molecule has 0 aliphatic carbocycles. The van der Waals surface area contributed by atoms with Gasteiger partial charge in [0.25, 0.3) is 0 Å². The van der Waals surface area contributed by atoms with Crippen LogP contribution in [0.5, 0.6) is 0 Å². The number of nitrogens with zero attached hydrogens (tertiary/aromatic N) is 1. The molecular weight excluding hydrogens is 193 g/mol. The second-order valence-electron chi connectivity index (χ2n) is 4.41. The van der Waals surface area contributed by atoms with E-state index >= 15 is 0 Å². The zero-order valence-electron chi connectivity index (χ0n) is 11.2. The van der Waals surface area contributed by atoms with E-state index in [0.717, 1.165) is 24.1 Å². The zero-order chi connectivity index (χ0) is 12.6. The molecule has 0 aliphatic heterocycles. The monoisotopic (exact) mass is 217 g/mol. The summed E-state index contributed by atoms with van der Waals surface area (Å²) in [6, 6.07) is 0. The number of allylic oxidation sites excluding steroid dienone is 4. The summed E-state index contributed by atoms with van der Waals surface area (Å²) in [7, 11) is 1.98. The van der Waals surface area contributed by atoms with Crippen molar-refractivity contribution in [3.63, 3.8) is 0 Å². The van der Waals surface area contributed by atoms with Crippen molar-refractivity contribution in [3.05, 3.63) is 37.1 Å². The number of hydrogen-bond acceptors (Lipinski definition) is 1. The van der Waals surface area contributed by atoms with E-state index in [1.807, 2.05) is 20.0 Å². The van der Waals surface area contributed by atoms with Crippen molar-refractivity contribution < 1.29 is 0 Å². The molecule has 0 N–H and O–H groups in total. The van der Waals surface area contributed by atoms with Gasteiger partial charge in [-0.05, 0) is 24.5 Å². The van der Waals surface area contributed by atoms with Crippen molar-refractivity contribution in [2.45, 2.75) is 40.0 Å². The maximum absolute atomic E-state index is 4.63. The second-order valence-corrected chi connectivity index (χ2v) is 4.41. The molecular formula is C14H24BN. The maximum Gasteiger partial charge on any atom is 0.163 e. The minimum absolute atomic E-state index is 0.146. The predicted octanol–water partition coefficient (Wildman–Crippen LogP) is 3.49. The fraction of sp³-hybridized carbons (Fsp3) is 0.500. The molecule has 0 spiro atoms. The van der Waals surface area contributed by atoms with Gasteiger partial charge in [-0.25, -0.2) is 0 Å². The molecule has 0 saturated carbocycles. The van der Waals surface area contributed by atoms with Crippen LogP contribution >= 0.6 is 0 Å². The highest BCUT2D eigenvalue weighted by atomic mass is 14.8. The van der Waals surface area contributed by atoms with Crippen molar-refractivity contribution in [2.24, 2.45) is 10.4 Å². The van der Waals surface area contributed by atoms with Gasteiger partial charge in [-0.15, -0.1) is 0 Å². The third kappa shape index (κ3) is 4.22. The van der Waals surface area contributed by atoms with Gasteiger partial charge in [0.05, 0.1) is 0 Å². The molecule has 1 nitrogen and oxygen atoms in total. The van der Waals surface area contributed by atoms with Crippen molar-refractivity contribution in [3.8, 4) is 0 Å². The van der Waals surface area contributed by atoms with Gasteiger partial charge in [-0.3, -0.25) is 4.99 Å². The molecule has 0 heterocycles. The molecule has 0 saturated heterocycles. The van der Waals surface area contributed by atoms with Crippen molar-refractivity contribution in [2.75, 3.05) is 0 Å². The van der Waals surface area contributed by atoms with E-state index in [0.29, 0.717) is 0 Å². The Hall–Kier alpha value is -1.05. The van der Waals surface area contributed by atoms with Crippen LogP contribution in [0.3, 0.4) is 0 Å². The molecule has 0 fully saturated rings. The van der Waals surface area contributed by atoms with E-state index in [9.17, 15) is 0 Å². The molecule has 0 aromatic rings. The van der Waals surface area contributed by atoms with Crippen molar-refractivity contribution >= 4 is 13.5 Å². The molecule has 0 bridgehead atoms. The van der Waals surface area contributed by atoms with Crippen molar-refractivity contribution in [1.29, 1.82) is 0 Å². The molecule has 1 atom stereocenters. The van der Waals surface area contributed by atoms with Gasteiger partial charge >= 0.3 is 0 Å². The first-order valence-electron chi connectivity index (χ1n) is 6.05. The highest BCUT2D eigenvalue weighted by molar-refractivity contribution is 6.63. The van der Waals surface area contributed by atoms with Gasteiger partial charge in [-0.1, -0.05) is 52.5 Å². The lowest BCUT2D eigenvalue weighted by atomic mass is 9.79. The van der Waals surface area contributed by atoms with Gasteiger partial charge in [0.2, 0.25) is 0 Å². The van der Waals surface area contributed by atoms with Crippen LogP contribution in [0.4, 0.5) is 0 Å². The molecule has 2 heteroatoms. The Morgan fingerprint density at radius 2 is 2.00 bits per heavy atom. The fourth-order valence-corrected chi connectivity index (χ4v) is 1.76. The summed E-state index contributed by atoms with van der Waals surface area (Å²) in [6.07, 6.45) is 9.04. The van der Waals surface area contributed by atoms with Crippen LogP contribution < -0.4 is 0 Å². The third-order valence-corrected chi connectivity index (χ3v) is 3.07. The van der Waals surface area contributed by atoms with E-state index < -0.39 is 0 Å². The average molecular weight is 217 g/mol. The predicted molar refractivity (Wildman–Crippen MR) is 77.8 cm³/mol. The smallest absolute Gasteiger partial charge is 0.163 e. The Bertz CT molecular complexity index is 302. The lowest BCUT2D eigenvalue weighted by Gasteiger charge is -2.28. The minimum atomic E-state index is 0.146. The van der Waals surface area contributed by atoms with E-state index in [1.165, 1.54) is 6.42 Å². The number of aliphatic imine (C=N–C) groups is 1. The summed E-state index contributed by atoms with van der Waals surface area (Å²) >= 11 is 0. The second kappa shape index (κ2) is 7.26. The van der Waals surface area contributed by atoms with Crippen LogP contribution in [0.15, 0.2) is 42.1 Å². The Morgan fingerprint density at radius 3 is 2.38 bits per heavy atom. The van der Waals surface area contributed by atoms with Gasteiger partial charge < -0.3 is 0 Å². The van der Waals surface area contributed by atoms with Gasteiger partial charge in [0.15, 0.2) is 7.85 Å². The first-order chi connectivity index (χ1) is 7.53. The summed E-state index contributed by atoms with van der Waals surface area (Å²) in [5, 5.41) is 0. The third-order valence-electron chi connectivity index (χ3n) is 3.07. The van der Waals surface area contributed by atoms with E-state index in [2.05, 4.69) is 38.9 Å². The Balaban J connectivity index is 5.25. The summed E-state index contributed by atoms with van der Waals surface area (Å²) < 4.78 is 0. The van der Waals surface area contributed by atoms with Crippen molar-refractivity contribution in [1.82, 2.24) is 0 Å². The van der Waals surface area contributed by atoms with Crippen LogP contribution in [0.1, 0.15) is 40.0 Å². The highest BCUT2D eigenvalue weighted by Crippen LogP contribution is 2.36.